The van der Waals surface area contributed by atoms with Gasteiger partial charge in [-0.2, -0.15) is 0 Å². The van der Waals surface area contributed by atoms with Crippen LogP contribution < -0.4 is 0 Å². The zero-order valence-electron chi connectivity index (χ0n) is 11.0. The molecule has 1 aliphatic rings. The van der Waals surface area contributed by atoms with E-state index >= 15 is 0 Å². The van der Waals surface area contributed by atoms with Gasteiger partial charge in [0.05, 0.1) is 0 Å². The molecule has 0 N–H and O–H groups in total. The lowest BCUT2D eigenvalue weighted by Gasteiger charge is -2.12. The minimum atomic E-state index is -0.113. The van der Waals surface area contributed by atoms with Crippen LogP contribution in [0.3, 0.4) is 0 Å². The van der Waals surface area contributed by atoms with Crippen LogP contribution in [0.2, 0.25) is 0 Å². The molecule has 0 aromatic carbocycles. The standard InChI is InChI=1S/C14H24O3/c1-16-14(17-2)11-7-6-9-12-8-4-3-5-10-13(12)15/h9,14H,3-8,10-11H2,1-2H3/b12-9-. The van der Waals surface area contributed by atoms with Crippen LogP contribution in [0.5, 0.6) is 0 Å². The van der Waals surface area contributed by atoms with Crippen LogP contribution in [0.1, 0.15) is 51.4 Å². The lowest BCUT2D eigenvalue weighted by molar-refractivity contribution is -0.115. The molecule has 0 spiro atoms. The summed E-state index contributed by atoms with van der Waals surface area (Å²) in [7, 11) is 3.31. The van der Waals surface area contributed by atoms with Gasteiger partial charge in [0, 0.05) is 20.6 Å². The maximum absolute atomic E-state index is 11.7. The molecule has 98 valence electrons. The third-order valence-corrected chi connectivity index (χ3v) is 3.27. The van der Waals surface area contributed by atoms with Crippen molar-refractivity contribution < 1.29 is 14.3 Å². The van der Waals surface area contributed by atoms with E-state index in [-0.39, 0.29) is 6.29 Å². The summed E-state index contributed by atoms with van der Waals surface area (Å²) in [5.74, 6) is 0.359. The number of hydrogen-bond acceptors (Lipinski definition) is 3. The molecule has 3 nitrogen and oxygen atoms in total. The van der Waals surface area contributed by atoms with Gasteiger partial charge in [-0.1, -0.05) is 12.5 Å². The number of ether oxygens (including phenoxy) is 2. The zero-order valence-corrected chi connectivity index (χ0v) is 11.0. The average Bonchev–Trinajstić information content (AvgIpc) is 2.55. The second kappa shape index (κ2) is 8.43. The highest BCUT2D eigenvalue weighted by Crippen LogP contribution is 2.20. The molecule has 0 atom stereocenters. The van der Waals surface area contributed by atoms with Gasteiger partial charge in [0.25, 0.3) is 0 Å². The highest BCUT2D eigenvalue weighted by Gasteiger charge is 2.12. The molecule has 0 amide bonds. The number of rotatable bonds is 6. The molecule has 1 aliphatic carbocycles. The summed E-state index contributed by atoms with van der Waals surface area (Å²) in [6.07, 6.45) is 9.97. The highest BCUT2D eigenvalue weighted by molar-refractivity contribution is 5.95. The van der Waals surface area contributed by atoms with E-state index in [1.165, 1.54) is 6.42 Å². The Labute approximate surface area is 104 Å². The number of Topliss-reactive ketones (excluding diaryl/α,β-unsaturated/α-hetero) is 1. The zero-order chi connectivity index (χ0) is 12.5. The van der Waals surface area contributed by atoms with Crippen LogP contribution in [0.15, 0.2) is 11.6 Å². The third kappa shape index (κ3) is 5.46. The fraction of sp³-hybridized carbons (Fsp3) is 0.786. The van der Waals surface area contributed by atoms with Crippen LogP contribution in [0.25, 0.3) is 0 Å². The van der Waals surface area contributed by atoms with Gasteiger partial charge in [-0.15, -0.1) is 0 Å². The van der Waals surface area contributed by atoms with E-state index in [1.807, 2.05) is 0 Å². The molecule has 0 bridgehead atoms. The first-order valence-electron chi connectivity index (χ1n) is 6.55. The molecule has 0 aliphatic heterocycles. The Kier molecular flexibility index (Phi) is 7.13. The van der Waals surface area contributed by atoms with E-state index in [0.29, 0.717) is 5.78 Å². The Morgan fingerprint density at radius 3 is 2.59 bits per heavy atom. The first kappa shape index (κ1) is 14.4. The van der Waals surface area contributed by atoms with E-state index in [9.17, 15) is 4.79 Å². The first-order valence-corrected chi connectivity index (χ1v) is 6.55. The molecule has 0 aromatic heterocycles. The minimum Gasteiger partial charge on any atom is -0.356 e. The molecular weight excluding hydrogens is 216 g/mol. The molecule has 1 saturated carbocycles. The summed E-state index contributed by atoms with van der Waals surface area (Å²) in [5, 5.41) is 0. The number of unbranched alkanes of at least 4 members (excludes halogenated alkanes) is 1. The Morgan fingerprint density at radius 2 is 1.88 bits per heavy atom. The number of hydrogen-bond donors (Lipinski definition) is 0. The monoisotopic (exact) mass is 240 g/mol. The van der Waals surface area contributed by atoms with E-state index in [1.54, 1.807) is 14.2 Å². The molecule has 0 radical (unpaired) electrons. The second-order valence-corrected chi connectivity index (χ2v) is 4.55. The van der Waals surface area contributed by atoms with E-state index in [4.69, 9.17) is 9.47 Å². The number of methoxy groups -OCH3 is 2. The molecule has 17 heavy (non-hydrogen) atoms. The van der Waals surface area contributed by atoms with E-state index < -0.39 is 0 Å². The second-order valence-electron chi connectivity index (χ2n) is 4.55. The summed E-state index contributed by atoms with van der Waals surface area (Å²) in [6.45, 7) is 0. The number of carbonyl (C=O) groups excluding carboxylic acids is 1. The summed E-state index contributed by atoms with van der Waals surface area (Å²) >= 11 is 0. The molecule has 1 rings (SSSR count). The average molecular weight is 240 g/mol. The normalized spacial score (nSPS) is 19.9. The van der Waals surface area contributed by atoms with Crippen molar-refractivity contribution in [1.82, 2.24) is 0 Å². The van der Waals surface area contributed by atoms with Gasteiger partial charge in [0.2, 0.25) is 0 Å². The van der Waals surface area contributed by atoms with Gasteiger partial charge in [0.15, 0.2) is 12.1 Å². The SMILES string of the molecule is COC(CCC/C=C1/CCCCCC1=O)OC. The van der Waals surface area contributed by atoms with Crippen molar-refractivity contribution in [3.63, 3.8) is 0 Å². The predicted molar refractivity (Wildman–Crippen MR) is 67.8 cm³/mol. The summed E-state index contributed by atoms with van der Waals surface area (Å²) in [5.41, 5.74) is 1.05. The topological polar surface area (TPSA) is 35.5 Å². The van der Waals surface area contributed by atoms with Crippen molar-refractivity contribution in [2.45, 2.75) is 57.7 Å². The number of ketones is 1. The third-order valence-electron chi connectivity index (χ3n) is 3.27. The number of carbonyl (C=O) groups is 1. The van der Waals surface area contributed by atoms with Gasteiger partial charge in [-0.3, -0.25) is 4.79 Å². The lowest BCUT2D eigenvalue weighted by atomic mass is 10.0. The quantitative estimate of drug-likeness (QED) is 0.309. The van der Waals surface area contributed by atoms with Gasteiger partial charge in [0.1, 0.15) is 0 Å². The van der Waals surface area contributed by atoms with Crippen molar-refractivity contribution in [2.24, 2.45) is 0 Å². The van der Waals surface area contributed by atoms with Gasteiger partial charge >= 0.3 is 0 Å². The van der Waals surface area contributed by atoms with Crippen molar-refractivity contribution in [2.75, 3.05) is 14.2 Å². The molecule has 0 saturated heterocycles. The minimum absolute atomic E-state index is 0.113. The molecule has 0 unspecified atom stereocenters. The van der Waals surface area contributed by atoms with Gasteiger partial charge < -0.3 is 9.47 Å². The van der Waals surface area contributed by atoms with Crippen LogP contribution in [0, 0.1) is 0 Å². The lowest BCUT2D eigenvalue weighted by Crippen LogP contribution is -2.12. The molecule has 0 aromatic rings. The Bertz CT molecular complexity index is 254. The van der Waals surface area contributed by atoms with Crippen molar-refractivity contribution in [3.8, 4) is 0 Å². The fourth-order valence-electron chi connectivity index (χ4n) is 2.19. The summed E-state index contributed by atoms with van der Waals surface area (Å²) in [6, 6.07) is 0. The largest absolute Gasteiger partial charge is 0.356 e. The smallest absolute Gasteiger partial charge is 0.158 e. The predicted octanol–water partition coefficient (Wildman–Crippen LogP) is 3.24. The van der Waals surface area contributed by atoms with Crippen molar-refractivity contribution in [1.29, 1.82) is 0 Å². The van der Waals surface area contributed by atoms with Crippen molar-refractivity contribution in [3.05, 3.63) is 11.6 Å². The van der Waals surface area contributed by atoms with Crippen molar-refractivity contribution >= 4 is 5.78 Å². The highest BCUT2D eigenvalue weighted by atomic mass is 16.7. The van der Waals surface area contributed by atoms with Gasteiger partial charge in [-0.25, -0.2) is 0 Å². The first-order chi connectivity index (χ1) is 8.27. The molecule has 0 heterocycles. The Morgan fingerprint density at radius 1 is 1.18 bits per heavy atom. The van der Waals surface area contributed by atoms with Crippen LogP contribution >= 0.6 is 0 Å². The maximum atomic E-state index is 11.7. The fourth-order valence-corrected chi connectivity index (χ4v) is 2.19. The van der Waals surface area contributed by atoms with E-state index in [2.05, 4.69) is 6.08 Å². The van der Waals surface area contributed by atoms with Crippen LogP contribution in [0.4, 0.5) is 0 Å². The summed E-state index contributed by atoms with van der Waals surface area (Å²) < 4.78 is 10.2. The Hall–Kier alpha value is -0.670. The van der Waals surface area contributed by atoms with Crippen LogP contribution in [-0.2, 0) is 14.3 Å². The molecule has 3 heteroatoms. The summed E-state index contributed by atoms with van der Waals surface area (Å²) in [4.78, 5) is 11.7. The maximum Gasteiger partial charge on any atom is 0.158 e. The molecular formula is C14H24O3. The van der Waals surface area contributed by atoms with Gasteiger partial charge in [-0.05, 0) is 44.1 Å². The Balaban J connectivity index is 2.29. The van der Waals surface area contributed by atoms with Crippen LogP contribution in [-0.4, -0.2) is 26.3 Å². The van der Waals surface area contributed by atoms with E-state index in [0.717, 1.165) is 50.5 Å². The molecule has 1 fully saturated rings. The number of allylic oxidation sites excluding steroid dienone is 2.